The molecule has 1 saturated heterocycles. The third-order valence-electron chi connectivity index (χ3n) is 7.31. The molecule has 6 heteroatoms. The first-order valence-corrected chi connectivity index (χ1v) is 12.5. The maximum absolute atomic E-state index is 12.8. The standard InChI is InChI=1S/C25H29N3O2S/c1-4-18-10-14-24-25(17(2)28(3)31(24,29)30)23(18)13-12-21-11-9-20(16-27-21)22-8-6-5-7-19(22)15-26/h5-9,11-13,16-18,23-25H,4,10,14H2,1-3H3/t17-,18-,23+,24-,25+/m1/s1. The normalized spacial score (nSPS) is 30.2. The fourth-order valence-electron chi connectivity index (χ4n) is 5.46. The van der Waals surface area contributed by atoms with Crippen molar-refractivity contribution in [2.24, 2.45) is 17.8 Å². The highest BCUT2D eigenvalue weighted by molar-refractivity contribution is 7.90. The van der Waals surface area contributed by atoms with Crippen molar-refractivity contribution in [3.05, 3.63) is 59.9 Å². The Morgan fingerprint density at radius 3 is 2.68 bits per heavy atom. The number of hydrogen-bond acceptors (Lipinski definition) is 4. The first kappa shape index (κ1) is 21.7. The van der Waals surface area contributed by atoms with E-state index in [9.17, 15) is 13.7 Å². The van der Waals surface area contributed by atoms with Gasteiger partial charge < -0.3 is 0 Å². The molecular weight excluding hydrogens is 406 g/mol. The SMILES string of the molecule is CC[C@@H]1CC[C@@H]2[C@H]([C@H]1C=Cc1ccc(-c3ccccc3C#N)cn1)[C@@H](C)N(C)S2(=O)=O. The van der Waals surface area contributed by atoms with Gasteiger partial charge in [0, 0.05) is 30.4 Å². The van der Waals surface area contributed by atoms with Crippen LogP contribution in [0, 0.1) is 29.1 Å². The number of aromatic nitrogens is 1. The Bertz CT molecular complexity index is 1120. The maximum atomic E-state index is 12.8. The van der Waals surface area contributed by atoms with Crippen molar-refractivity contribution in [1.29, 1.82) is 5.26 Å². The van der Waals surface area contributed by atoms with E-state index in [2.05, 4.69) is 24.1 Å². The van der Waals surface area contributed by atoms with Crippen molar-refractivity contribution < 1.29 is 8.42 Å². The average Bonchev–Trinajstić information content (AvgIpc) is 2.98. The van der Waals surface area contributed by atoms with E-state index in [1.165, 1.54) is 0 Å². The molecule has 5 atom stereocenters. The lowest BCUT2D eigenvalue weighted by molar-refractivity contribution is 0.161. The minimum atomic E-state index is -3.21. The van der Waals surface area contributed by atoms with Gasteiger partial charge in [0.15, 0.2) is 0 Å². The van der Waals surface area contributed by atoms with E-state index in [4.69, 9.17) is 0 Å². The fraction of sp³-hybridized carbons (Fsp3) is 0.440. The molecular formula is C25H29N3O2S. The number of rotatable bonds is 4. The summed E-state index contributed by atoms with van der Waals surface area (Å²) in [4.78, 5) is 4.59. The molecule has 1 saturated carbocycles. The van der Waals surface area contributed by atoms with Gasteiger partial charge in [-0.2, -0.15) is 5.26 Å². The van der Waals surface area contributed by atoms with E-state index in [1.807, 2.05) is 43.3 Å². The number of sulfonamides is 1. The molecule has 0 N–H and O–H groups in total. The van der Waals surface area contributed by atoms with Crippen molar-refractivity contribution in [1.82, 2.24) is 9.29 Å². The van der Waals surface area contributed by atoms with Gasteiger partial charge in [0.2, 0.25) is 10.0 Å². The Morgan fingerprint density at radius 1 is 1.23 bits per heavy atom. The van der Waals surface area contributed by atoms with Gasteiger partial charge in [-0.05, 0) is 55.7 Å². The molecule has 2 aliphatic rings. The largest absolute Gasteiger partial charge is 0.256 e. The number of allylic oxidation sites excluding steroid dienone is 1. The summed E-state index contributed by atoms with van der Waals surface area (Å²) in [6.07, 6.45) is 8.79. The highest BCUT2D eigenvalue weighted by Crippen LogP contribution is 2.48. The summed E-state index contributed by atoms with van der Waals surface area (Å²) < 4.78 is 27.3. The molecule has 31 heavy (non-hydrogen) atoms. The zero-order chi connectivity index (χ0) is 22.2. The van der Waals surface area contributed by atoms with E-state index in [-0.39, 0.29) is 23.1 Å². The van der Waals surface area contributed by atoms with Gasteiger partial charge >= 0.3 is 0 Å². The second kappa shape index (κ2) is 8.57. The summed E-state index contributed by atoms with van der Waals surface area (Å²) in [5.74, 6) is 0.828. The van der Waals surface area contributed by atoms with Crippen molar-refractivity contribution in [2.75, 3.05) is 7.05 Å². The monoisotopic (exact) mass is 435 g/mol. The van der Waals surface area contributed by atoms with E-state index >= 15 is 0 Å². The Labute approximate surface area is 185 Å². The van der Waals surface area contributed by atoms with Crippen LogP contribution in [0.25, 0.3) is 17.2 Å². The van der Waals surface area contributed by atoms with E-state index in [0.29, 0.717) is 11.5 Å². The highest BCUT2D eigenvalue weighted by atomic mass is 32.2. The molecule has 0 unspecified atom stereocenters. The van der Waals surface area contributed by atoms with Crippen LogP contribution in [-0.4, -0.2) is 36.0 Å². The number of hydrogen-bond donors (Lipinski definition) is 0. The number of nitriles is 1. The second-order valence-corrected chi connectivity index (χ2v) is 10.9. The molecule has 0 amide bonds. The van der Waals surface area contributed by atoms with Crippen LogP contribution < -0.4 is 0 Å². The molecule has 162 valence electrons. The summed E-state index contributed by atoms with van der Waals surface area (Å²) >= 11 is 0. The van der Waals surface area contributed by atoms with Gasteiger partial charge in [-0.25, -0.2) is 12.7 Å². The lowest BCUT2D eigenvalue weighted by atomic mass is 9.68. The number of pyridine rings is 1. The summed E-state index contributed by atoms with van der Waals surface area (Å²) in [5, 5.41) is 9.06. The maximum Gasteiger partial charge on any atom is 0.217 e. The Balaban J connectivity index is 1.60. The number of benzene rings is 1. The molecule has 2 fully saturated rings. The number of fused-ring (bicyclic) bond motifs is 1. The lowest BCUT2D eigenvalue weighted by Gasteiger charge is -2.38. The third kappa shape index (κ3) is 3.81. The van der Waals surface area contributed by atoms with Crippen molar-refractivity contribution >= 4 is 16.1 Å². The fourth-order valence-corrected chi connectivity index (χ4v) is 7.73. The van der Waals surface area contributed by atoms with Crippen LogP contribution in [0.1, 0.15) is 44.4 Å². The Kier molecular flexibility index (Phi) is 6.00. The van der Waals surface area contributed by atoms with Crippen LogP contribution in [0.4, 0.5) is 0 Å². The molecule has 2 aromatic rings. The first-order valence-electron chi connectivity index (χ1n) is 11.0. The summed E-state index contributed by atoms with van der Waals surface area (Å²) in [6, 6.07) is 13.7. The lowest BCUT2D eigenvalue weighted by Crippen LogP contribution is -2.39. The number of nitrogens with zero attached hydrogens (tertiary/aromatic N) is 3. The highest BCUT2D eigenvalue weighted by Gasteiger charge is 2.54. The Hall–Kier alpha value is -2.49. The molecule has 0 radical (unpaired) electrons. The van der Waals surface area contributed by atoms with Gasteiger partial charge in [-0.1, -0.05) is 43.7 Å². The second-order valence-electron chi connectivity index (χ2n) is 8.73. The van der Waals surface area contributed by atoms with Crippen LogP contribution >= 0.6 is 0 Å². The zero-order valence-electron chi connectivity index (χ0n) is 18.3. The Morgan fingerprint density at radius 2 is 2.00 bits per heavy atom. The van der Waals surface area contributed by atoms with Gasteiger partial charge in [-0.3, -0.25) is 4.98 Å². The zero-order valence-corrected chi connectivity index (χ0v) is 19.1. The van der Waals surface area contributed by atoms with Gasteiger partial charge in [-0.15, -0.1) is 0 Å². The predicted molar refractivity (Wildman–Crippen MR) is 123 cm³/mol. The average molecular weight is 436 g/mol. The molecule has 5 nitrogen and oxygen atoms in total. The van der Waals surface area contributed by atoms with E-state index < -0.39 is 10.0 Å². The van der Waals surface area contributed by atoms with Crippen molar-refractivity contribution in [3.63, 3.8) is 0 Å². The van der Waals surface area contributed by atoms with Crippen molar-refractivity contribution in [2.45, 2.75) is 44.4 Å². The quantitative estimate of drug-likeness (QED) is 0.697. The smallest absolute Gasteiger partial charge is 0.217 e. The van der Waals surface area contributed by atoms with Crippen molar-refractivity contribution in [3.8, 4) is 17.2 Å². The third-order valence-corrected chi connectivity index (χ3v) is 9.76. The predicted octanol–water partition coefficient (Wildman–Crippen LogP) is 4.72. The van der Waals surface area contributed by atoms with Gasteiger partial charge in [0.05, 0.1) is 22.6 Å². The molecule has 2 heterocycles. The molecule has 1 aliphatic heterocycles. The minimum Gasteiger partial charge on any atom is -0.256 e. The molecule has 1 aromatic carbocycles. The van der Waals surface area contributed by atoms with Crippen LogP contribution in [0.15, 0.2) is 48.7 Å². The van der Waals surface area contributed by atoms with E-state index in [1.54, 1.807) is 23.6 Å². The van der Waals surface area contributed by atoms with Crippen LogP contribution in [-0.2, 0) is 10.0 Å². The van der Waals surface area contributed by atoms with Gasteiger partial charge in [0.25, 0.3) is 0 Å². The molecule has 0 spiro atoms. The van der Waals surface area contributed by atoms with Crippen LogP contribution in [0.3, 0.4) is 0 Å². The van der Waals surface area contributed by atoms with Crippen LogP contribution in [0.5, 0.6) is 0 Å². The summed E-state index contributed by atoms with van der Waals surface area (Å²) in [5.41, 5.74) is 3.27. The molecule has 4 rings (SSSR count). The molecule has 1 aromatic heterocycles. The summed E-state index contributed by atoms with van der Waals surface area (Å²) in [7, 11) is -1.49. The molecule has 0 bridgehead atoms. The van der Waals surface area contributed by atoms with E-state index in [0.717, 1.165) is 36.1 Å². The van der Waals surface area contributed by atoms with Crippen LogP contribution in [0.2, 0.25) is 0 Å². The first-order chi connectivity index (χ1) is 14.9. The minimum absolute atomic E-state index is 0.0109. The molecule has 1 aliphatic carbocycles. The van der Waals surface area contributed by atoms with Gasteiger partial charge in [0.1, 0.15) is 0 Å². The topological polar surface area (TPSA) is 74.1 Å². The summed E-state index contributed by atoms with van der Waals surface area (Å²) in [6.45, 7) is 4.24.